The molecule has 6 N–H and O–H groups in total. The average Bonchev–Trinajstić information content (AvgIpc) is 3.38. The summed E-state index contributed by atoms with van der Waals surface area (Å²) in [4.78, 5) is 10.6. The summed E-state index contributed by atoms with van der Waals surface area (Å²) < 4.78 is 15.1. The summed E-state index contributed by atoms with van der Waals surface area (Å²) in [6.45, 7) is 7.79. The molecule has 31 heavy (non-hydrogen) atoms. The Morgan fingerprint density at radius 1 is 1.19 bits per heavy atom. The van der Waals surface area contributed by atoms with Gasteiger partial charge in [-0.3, -0.25) is 0 Å². The molecule has 0 aliphatic rings. The SMILES string of the molecule is C=C/C=C\C(=C/N)C(=C)/C=c1\c(=C/N)[nH]c2ncc(F)c(-c3ccc4cc[nH]c4c3)c12. The number of hydrogen-bond donors (Lipinski definition) is 4. The van der Waals surface area contributed by atoms with Gasteiger partial charge in [0.2, 0.25) is 0 Å². The molecule has 0 spiro atoms. The van der Waals surface area contributed by atoms with Crippen LogP contribution in [0.15, 0.2) is 85.4 Å². The van der Waals surface area contributed by atoms with Crippen molar-refractivity contribution < 1.29 is 4.39 Å². The Balaban J connectivity index is 2.04. The third-order valence-corrected chi connectivity index (χ3v) is 5.14. The van der Waals surface area contributed by atoms with Gasteiger partial charge in [-0.15, -0.1) is 0 Å². The Morgan fingerprint density at radius 2 is 2.03 bits per heavy atom. The maximum Gasteiger partial charge on any atom is 0.150 e. The summed E-state index contributed by atoms with van der Waals surface area (Å²) in [7, 11) is 0. The molecule has 5 nitrogen and oxygen atoms in total. The molecule has 154 valence electrons. The first-order chi connectivity index (χ1) is 15.1. The second-order valence-corrected chi connectivity index (χ2v) is 6.99. The number of hydrogen-bond acceptors (Lipinski definition) is 3. The predicted octanol–water partition coefficient (Wildman–Crippen LogP) is 3.47. The minimum Gasteiger partial charge on any atom is -0.404 e. The number of fused-ring (bicyclic) bond motifs is 2. The Labute approximate surface area is 178 Å². The van der Waals surface area contributed by atoms with Gasteiger partial charge >= 0.3 is 0 Å². The minimum atomic E-state index is -0.428. The summed E-state index contributed by atoms with van der Waals surface area (Å²) >= 11 is 0. The normalized spacial score (nSPS) is 13.6. The fraction of sp³-hybridized carbons (Fsp3) is 0. The molecule has 0 aliphatic carbocycles. The average molecular weight is 411 g/mol. The van der Waals surface area contributed by atoms with Gasteiger partial charge in [-0.2, -0.15) is 0 Å². The number of pyridine rings is 1. The Bertz CT molecular complexity index is 1500. The second-order valence-electron chi connectivity index (χ2n) is 6.99. The fourth-order valence-electron chi connectivity index (χ4n) is 3.64. The van der Waals surface area contributed by atoms with Gasteiger partial charge in [0.25, 0.3) is 0 Å². The van der Waals surface area contributed by atoms with Crippen LogP contribution in [0.2, 0.25) is 0 Å². The number of H-pyrrole nitrogens is 2. The van der Waals surface area contributed by atoms with Gasteiger partial charge in [0, 0.05) is 40.3 Å². The fourth-order valence-corrected chi connectivity index (χ4v) is 3.64. The minimum absolute atomic E-state index is 0.428. The third kappa shape index (κ3) is 3.55. The number of benzene rings is 1. The highest BCUT2D eigenvalue weighted by Gasteiger charge is 2.16. The molecule has 0 aliphatic heterocycles. The smallest absolute Gasteiger partial charge is 0.150 e. The number of nitrogens with zero attached hydrogens (tertiary/aromatic N) is 1. The van der Waals surface area contributed by atoms with Crippen LogP contribution in [0.4, 0.5) is 4.39 Å². The summed E-state index contributed by atoms with van der Waals surface area (Å²) in [6, 6.07) is 7.73. The highest BCUT2D eigenvalue weighted by Crippen LogP contribution is 2.30. The lowest BCUT2D eigenvalue weighted by Crippen LogP contribution is -2.25. The summed E-state index contributed by atoms with van der Waals surface area (Å²) in [5, 5.41) is 2.96. The van der Waals surface area contributed by atoms with E-state index in [9.17, 15) is 0 Å². The molecule has 4 rings (SSSR count). The number of halogens is 1. The molecular weight excluding hydrogens is 389 g/mol. The first-order valence-electron chi connectivity index (χ1n) is 9.65. The first-order valence-corrected chi connectivity index (χ1v) is 9.65. The van der Waals surface area contributed by atoms with E-state index >= 15 is 4.39 Å². The van der Waals surface area contributed by atoms with E-state index in [2.05, 4.69) is 28.1 Å². The molecule has 4 aromatic rings. The van der Waals surface area contributed by atoms with E-state index in [-0.39, 0.29) is 0 Å². The van der Waals surface area contributed by atoms with Crippen molar-refractivity contribution in [3.05, 3.63) is 102 Å². The monoisotopic (exact) mass is 411 g/mol. The zero-order valence-corrected chi connectivity index (χ0v) is 16.8. The predicted molar refractivity (Wildman–Crippen MR) is 126 cm³/mol. The number of aromatic nitrogens is 3. The van der Waals surface area contributed by atoms with E-state index in [1.165, 1.54) is 18.6 Å². The van der Waals surface area contributed by atoms with Crippen LogP contribution in [0.5, 0.6) is 0 Å². The summed E-state index contributed by atoms with van der Waals surface area (Å²) in [5.41, 5.74) is 15.6. The molecule has 0 saturated heterocycles. The Hall–Kier alpha value is -4.32. The van der Waals surface area contributed by atoms with E-state index in [4.69, 9.17) is 11.5 Å². The Kier molecular flexibility index (Phi) is 5.28. The molecule has 0 atom stereocenters. The van der Waals surface area contributed by atoms with Gasteiger partial charge in [0.15, 0.2) is 0 Å². The van der Waals surface area contributed by atoms with Crippen LogP contribution in [0.25, 0.3) is 45.3 Å². The quantitative estimate of drug-likeness (QED) is 0.379. The number of allylic oxidation sites excluding steroid dienone is 5. The molecule has 3 aromatic heterocycles. The number of nitrogens with two attached hydrogens (primary N) is 2. The van der Waals surface area contributed by atoms with Gasteiger partial charge in [0.1, 0.15) is 11.5 Å². The maximum atomic E-state index is 15.1. The highest BCUT2D eigenvalue weighted by atomic mass is 19.1. The molecule has 6 heteroatoms. The standard InChI is InChI=1S/C25H22FN5/c1-3-4-5-18(12-27)15(2)10-19-22(13-28)31-25-24(19)23(20(26)14-30-25)17-7-6-16-8-9-29-21(16)11-17/h3-14,29H,1-2,27-28H2,(H,30,31)/b5-4-,18-12+,19-10+,22-13+. The molecule has 0 saturated carbocycles. The van der Waals surface area contributed by atoms with Crippen molar-refractivity contribution in [2.45, 2.75) is 0 Å². The van der Waals surface area contributed by atoms with Crippen molar-refractivity contribution in [3.63, 3.8) is 0 Å². The van der Waals surface area contributed by atoms with Crippen molar-refractivity contribution in [1.29, 1.82) is 0 Å². The number of nitrogens with one attached hydrogen (secondary N) is 2. The zero-order valence-electron chi connectivity index (χ0n) is 16.8. The highest BCUT2D eigenvalue weighted by molar-refractivity contribution is 5.97. The number of aromatic amines is 2. The van der Waals surface area contributed by atoms with Gasteiger partial charge in [-0.25, -0.2) is 9.37 Å². The lowest BCUT2D eigenvalue weighted by atomic mass is 9.99. The van der Waals surface area contributed by atoms with E-state index in [0.29, 0.717) is 38.3 Å². The zero-order chi connectivity index (χ0) is 22.0. The Morgan fingerprint density at radius 3 is 2.77 bits per heavy atom. The lowest BCUT2D eigenvalue weighted by Gasteiger charge is -2.07. The summed E-state index contributed by atoms with van der Waals surface area (Å²) in [5.74, 6) is -0.428. The maximum absolute atomic E-state index is 15.1. The van der Waals surface area contributed by atoms with Crippen LogP contribution < -0.4 is 22.0 Å². The van der Waals surface area contributed by atoms with Gasteiger partial charge in [-0.1, -0.05) is 43.5 Å². The van der Waals surface area contributed by atoms with Gasteiger partial charge in [-0.05, 0) is 40.3 Å². The van der Waals surface area contributed by atoms with Crippen LogP contribution in [0, 0.1) is 5.82 Å². The van der Waals surface area contributed by atoms with Crippen LogP contribution >= 0.6 is 0 Å². The van der Waals surface area contributed by atoms with E-state index < -0.39 is 5.82 Å². The topological polar surface area (TPSA) is 96.5 Å². The van der Waals surface area contributed by atoms with Crippen LogP contribution in [-0.4, -0.2) is 15.0 Å². The van der Waals surface area contributed by atoms with Crippen molar-refractivity contribution >= 4 is 34.2 Å². The van der Waals surface area contributed by atoms with Crippen molar-refractivity contribution in [1.82, 2.24) is 15.0 Å². The molecule has 0 bridgehead atoms. The number of rotatable bonds is 5. The molecule has 1 aromatic carbocycles. The first kappa shape index (κ1) is 20.0. The van der Waals surface area contributed by atoms with E-state index in [0.717, 1.165) is 16.5 Å². The molecule has 0 amide bonds. The molecule has 0 fully saturated rings. The molecule has 0 radical (unpaired) electrons. The van der Waals surface area contributed by atoms with Crippen LogP contribution in [0.1, 0.15) is 0 Å². The largest absolute Gasteiger partial charge is 0.404 e. The van der Waals surface area contributed by atoms with E-state index in [1.54, 1.807) is 18.2 Å². The summed E-state index contributed by atoms with van der Waals surface area (Å²) in [6.07, 6.45) is 13.0. The van der Waals surface area contributed by atoms with Gasteiger partial charge in [0.05, 0.1) is 11.5 Å². The van der Waals surface area contributed by atoms with Gasteiger partial charge < -0.3 is 21.4 Å². The van der Waals surface area contributed by atoms with Crippen molar-refractivity contribution in [3.8, 4) is 11.1 Å². The third-order valence-electron chi connectivity index (χ3n) is 5.14. The van der Waals surface area contributed by atoms with Crippen molar-refractivity contribution in [2.24, 2.45) is 11.5 Å². The molecule has 0 unspecified atom stereocenters. The van der Waals surface area contributed by atoms with Crippen LogP contribution in [0.3, 0.4) is 0 Å². The second kappa shape index (κ2) is 8.20. The van der Waals surface area contributed by atoms with Crippen LogP contribution in [-0.2, 0) is 0 Å². The van der Waals surface area contributed by atoms with E-state index in [1.807, 2.05) is 36.5 Å². The molecular formula is C25H22FN5. The van der Waals surface area contributed by atoms with Crippen molar-refractivity contribution in [2.75, 3.05) is 0 Å². The molecule has 3 heterocycles. The lowest BCUT2D eigenvalue weighted by molar-refractivity contribution is 0.627.